The fourth-order valence-electron chi connectivity index (χ4n) is 1.51. The van der Waals surface area contributed by atoms with Gasteiger partial charge in [0.25, 0.3) is 0 Å². The molecule has 17 heavy (non-hydrogen) atoms. The minimum Gasteiger partial charge on any atom is -0.392 e. The molecule has 0 amide bonds. The molecule has 0 spiro atoms. The molecule has 2 N–H and O–H groups in total. The van der Waals surface area contributed by atoms with Gasteiger partial charge in [0.05, 0.1) is 6.61 Å². The Hall–Kier alpha value is -1.94. The molecule has 88 valence electrons. The van der Waals surface area contributed by atoms with Gasteiger partial charge in [0.1, 0.15) is 11.6 Å². The number of pyridine rings is 1. The third-order valence-corrected chi connectivity index (χ3v) is 2.43. The maximum Gasteiger partial charge on any atom is 0.131 e. The number of hydrogen-bond donors (Lipinski definition) is 2. The number of nitrogens with zero attached hydrogens (tertiary/aromatic N) is 1. The first-order chi connectivity index (χ1) is 8.29. The van der Waals surface area contributed by atoms with Crippen LogP contribution in [-0.2, 0) is 13.2 Å². The second-order valence-corrected chi connectivity index (χ2v) is 3.65. The van der Waals surface area contributed by atoms with Gasteiger partial charge >= 0.3 is 0 Å². The first kappa shape index (κ1) is 11.5. The number of hydrogen-bond acceptors (Lipinski definition) is 3. The molecule has 0 aliphatic heterocycles. The van der Waals surface area contributed by atoms with Gasteiger partial charge in [-0.3, -0.25) is 0 Å². The zero-order chi connectivity index (χ0) is 12.1. The Bertz CT molecular complexity index is 485. The summed E-state index contributed by atoms with van der Waals surface area (Å²) in [7, 11) is 0. The van der Waals surface area contributed by atoms with Gasteiger partial charge in [-0.2, -0.15) is 0 Å². The Kier molecular flexibility index (Phi) is 3.67. The highest BCUT2D eigenvalue weighted by atomic mass is 19.1. The zero-order valence-corrected chi connectivity index (χ0v) is 9.23. The first-order valence-corrected chi connectivity index (χ1v) is 5.32. The molecule has 4 heteroatoms. The molecule has 0 atom stereocenters. The Morgan fingerprint density at radius 2 is 1.94 bits per heavy atom. The fraction of sp³-hybridized carbons (Fsp3) is 0.154. The summed E-state index contributed by atoms with van der Waals surface area (Å²) in [5.41, 5.74) is 1.70. The monoisotopic (exact) mass is 232 g/mol. The second-order valence-electron chi connectivity index (χ2n) is 3.65. The van der Waals surface area contributed by atoms with E-state index in [9.17, 15) is 4.39 Å². The molecule has 1 heterocycles. The molecule has 0 radical (unpaired) electrons. The average molecular weight is 232 g/mol. The van der Waals surface area contributed by atoms with Crippen LogP contribution in [0, 0.1) is 5.82 Å². The molecular formula is C13H13FN2O. The van der Waals surface area contributed by atoms with Crippen LogP contribution >= 0.6 is 0 Å². The van der Waals surface area contributed by atoms with Gasteiger partial charge in [0.2, 0.25) is 0 Å². The molecule has 1 aromatic carbocycles. The van der Waals surface area contributed by atoms with E-state index >= 15 is 0 Å². The van der Waals surface area contributed by atoms with E-state index in [-0.39, 0.29) is 12.4 Å². The second kappa shape index (κ2) is 5.41. The number of halogens is 1. The molecular weight excluding hydrogens is 219 g/mol. The minimum atomic E-state index is -0.248. The van der Waals surface area contributed by atoms with E-state index in [2.05, 4.69) is 10.3 Å². The maximum atomic E-state index is 12.7. The average Bonchev–Trinajstić information content (AvgIpc) is 2.38. The number of aliphatic hydroxyl groups excluding tert-OH is 1. The van der Waals surface area contributed by atoms with Gasteiger partial charge in [-0.1, -0.05) is 18.2 Å². The summed E-state index contributed by atoms with van der Waals surface area (Å²) in [6.45, 7) is 0.490. The topological polar surface area (TPSA) is 45.2 Å². The van der Waals surface area contributed by atoms with Crippen molar-refractivity contribution in [2.24, 2.45) is 0 Å². The largest absolute Gasteiger partial charge is 0.392 e. The summed E-state index contributed by atoms with van der Waals surface area (Å²) in [6.07, 6.45) is 1.66. The lowest BCUT2D eigenvalue weighted by Gasteiger charge is -2.09. The quantitative estimate of drug-likeness (QED) is 0.850. The van der Waals surface area contributed by atoms with Gasteiger partial charge in [-0.15, -0.1) is 0 Å². The molecule has 0 bridgehead atoms. The standard InChI is InChI=1S/C13H13FN2O/c14-12-5-3-10(4-6-12)8-16-13-11(9-17)2-1-7-15-13/h1-7,17H,8-9H2,(H,15,16). The Morgan fingerprint density at radius 1 is 1.18 bits per heavy atom. The van der Waals surface area contributed by atoms with Crippen molar-refractivity contribution >= 4 is 5.82 Å². The van der Waals surface area contributed by atoms with Crippen molar-refractivity contribution in [2.45, 2.75) is 13.2 Å². The smallest absolute Gasteiger partial charge is 0.131 e. The lowest BCUT2D eigenvalue weighted by Crippen LogP contribution is -2.04. The summed E-state index contributed by atoms with van der Waals surface area (Å²) >= 11 is 0. The number of anilines is 1. The summed E-state index contributed by atoms with van der Waals surface area (Å²) < 4.78 is 12.7. The SMILES string of the molecule is OCc1cccnc1NCc1ccc(F)cc1. The summed E-state index contributed by atoms with van der Waals surface area (Å²) in [5, 5.41) is 12.2. The minimum absolute atomic E-state index is 0.0560. The molecule has 2 rings (SSSR count). The maximum absolute atomic E-state index is 12.7. The van der Waals surface area contributed by atoms with Crippen LogP contribution in [0.1, 0.15) is 11.1 Å². The van der Waals surface area contributed by atoms with Crippen molar-refractivity contribution in [3.63, 3.8) is 0 Å². The van der Waals surface area contributed by atoms with Crippen LogP contribution in [-0.4, -0.2) is 10.1 Å². The number of nitrogens with one attached hydrogen (secondary N) is 1. The van der Waals surface area contributed by atoms with Gasteiger partial charge in [-0.25, -0.2) is 9.37 Å². The molecule has 1 aromatic heterocycles. The molecule has 0 aliphatic rings. The van der Waals surface area contributed by atoms with E-state index in [1.165, 1.54) is 12.1 Å². The van der Waals surface area contributed by atoms with Gasteiger partial charge in [0.15, 0.2) is 0 Å². The first-order valence-electron chi connectivity index (χ1n) is 5.32. The highest BCUT2D eigenvalue weighted by molar-refractivity contribution is 5.43. The van der Waals surface area contributed by atoms with Crippen molar-refractivity contribution in [1.29, 1.82) is 0 Å². The van der Waals surface area contributed by atoms with Gasteiger partial charge < -0.3 is 10.4 Å². The van der Waals surface area contributed by atoms with E-state index in [1.807, 2.05) is 0 Å². The van der Waals surface area contributed by atoms with Crippen molar-refractivity contribution in [3.8, 4) is 0 Å². The number of aliphatic hydroxyl groups is 1. The molecule has 2 aromatic rings. The molecule has 0 fully saturated rings. The van der Waals surface area contributed by atoms with E-state index in [0.717, 1.165) is 11.1 Å². The zero-order valence-electron chi connectivity index (χ0n) is 9.23. The van der Waals surface area contributed by atoms with Crippen molar-refractivity contribution < 1.29 is 9.50 Å². The lowest BCUT2D eigenvalue weighted by atomic mass is 10.2. The van der Waals surface area contributed by atoms with Crippen LogP contribution in [0.3, 0.4) is 0 Å². The molecule has 0 unspecified atom stereocenters. The van der Waals surface area contributed by atoms with E-state index in [4.69, 9.17) is 5.11 Å². The van der Waals surface area contributed by atoms with E-state index in [0.29, 0.717) is 12.4 Å². The van der Waals surface area contributed by atoms with Crippen molar-refractivity contribution in [1.82, 2.24) is 4.98 Å². The third-order valence-electron chi connectivity index (χ3n) is 2.43. The normalized spacial score (nSPS) is 10.2. The Balaban J connectivity index is 2.04. The van der Waals surface area contributed by atoms with Crippen molar-refractivity contribution in [3.05, 3.63) is 59.5 Å². The van der Waals surface area contributed by atoms with Crippen LogP contribution in [0.4, 0.5) is 10.2 Å². The van der Waals surface area contributed by atoms with Crippen molar-refractivity contribution in [2.75, 3.05) is 5.32 Å². The number of aromatic nitrogens is 1. The third kappa shape index (κ3) is 3.01. The van der Waals surface area contributed by atoms with Crippen LogP contribution in [0.25, 0.3) is 0 Å². The number of rotatable bonds is 4. The predicted octanol–water partition coefficient (Wildman–Crippen LogP) is 2.33. The summed E-state index contributed by atoms with van der Waals surface area (Å²) in [6, 6.07) is 9.84. The van der Waals surface area contributed by atoms with E-state index in [1.54, 1.807) is 30.5 Å². The molecule has 0 aliphatic carbocycles. The fourth-order valence-corrected chi connectivity index (χ4v) is 1.51. The Morgan fingerprint density at radius 3 is 2.65 bits per heavy atom. The van der Waals surface area contributed by atoms with Crippen LogP contribution in [0.2, 0.25) is 0 Å². The lowest BCUT2D eigenvalue weighted by molar-refractivity contribution is 0.282. The van der Waals surface area contributed by atoms with Crippen LogP contribution in [0.15, 0.2) is 42.6 Å². The molecule has 3 nitrogen and oxygen atoms in total. The van der Waals surface area contributed by atoms with Gasteiger partial charge in [-0.05, 0) is 23.8 Å². The highest BCUT2D eigenvalue weighted by Gasteiger charge is 2.01. The van der Waals surface area contributed by atoms with Crippen LogP contribution < -0.4 is 5.32 Å². The predicted molar refractivity (Wildman–Crippen MR) is 63.9 cm³/mol. The van der Waals surface area contributed by atoms with Gasteiger partial charge in [0, 0.05) is 18.3 Å². The summed E-state index contributed by atoms with van der Waals surface area (Å²) in [5.74, 6) is 0.405. The Labute approximate surface area is 98.9 Å². The molecule has 0 saturated carbocycles. The summed E-state index contributed by atoms with van der Waals surface area (Å²) in [4.78, 5) is 4.14. The van der Waals surface area contributed by atoms with E-state index < -0.39 is 0 Å². The molecule has 0 saturated heterocycles. The highest BCUT2D eigenvalue weighted by Crippen LogP contribution is 2.12. The van der Waals surface area contributed by atoms with Crippen LogP contribution in [0.5, 0.6) is 0 Å². The number of benzene rings is 1.